The summed E-state index contributed by atoms with van der Waals surface area (Å²) in [6.45, 7) is 2.15. The number of aryl methyl sites for hydroxylation is 2. The lowest BCUT2D eigenvalue weighted by atomic mass is 10.2. The molecule has 0 fully saturated rings. The van der Waals surface area contributed by atoms with E-state index in [2.05, 4.69) is 47.7 Å². The summed E-state index contributed by atoms with van der Waals surface area (Å²) < 4.78 is 1.93. The Bertz CT molecular complexity index is 507. The normalized spacial score (nSPS) is 12.6. The van der Waals surface area contributed by atoms with Crippen LogP contribution in [0.1, 0.15) is 17.3 Å². The first-order valence-corrected chi connectivity index (χ1v) is 7.04. The topological polar surface area (TPSA) is 29.9 Å². The highest BCUT2D eigenvalue weighted by Crippen LogP contribution is 2.26. The maximum absolute atomic E-state index is 4.23. The Labute approximate surface area is 113 Å². The molecule has 1 aromatic heterocycles. The number of hydrogen-bond acceptors (Lipinski definition) is 3. The Kier molecular flexibility index (Phi) is 4.44. The van der Waals surface area contributed by atoms with E-state index in [1.165, 1.54) is 16.2 Å². The number of benzene rings is 1. The van der Waals surface area contributed by atoms with E-state index in [9.17, 15) is 0 Å². The second kappa shape index (κ2) is 6.07. The lowest BCUT2D eigenvalue weighted by molar-refractivity contribution is 0.586. The molecular weight excluding hydrogens is 242 g/mol. The van der Waals surface area contributed by atoms with Crippen molar-refractivity contribution in [2.75, 3.05) is 12.8 Å². The first-order chi connectivity index (χ1) is 8.72. The summed E-state index contributed by atoms with van der Waals surface area (Å²) in [5.74, 6) is 1.00. The molecule has 1 N–H and O–H groups in total. The molecule has 0 spiro atoms. The van der Waals surface area contributed by atoms with E-state index in [4.69, 9.17) is 0 Å². The first-order valence-electron chi connectivity index (χ1n) is 6.06. The van der Waals surface area contributed by atoms with Crippen LogP contribution in [0.2, 0.25) is 0 Å². The van der Waals surface area contributed by atoms with Gasteiger partial charge in [0.15, 0.2) is 0 Å². The molecule has 96 valence electrons. The standard InChI is InChI=1S/C14H19N3S/c1-11-6-4-5-7-14(11)18-10-12(15-2)13-8-9-16-17(13)3/h4-9,12,15H,10H2,1-3H3. The highest BCUT2D eigenvalue weighted by Gasteiger charge is 2.13. The van der Waals surface area contributed by atoms with Gasteiger partial charge in [-0.25, -0.2) is 0 Å². The third-order valence-electron chi connectivity index (χ3n) is 3.06. The van der Waals surface area contributed by atoms with Crippen molar-refractivity contribution < 1.29 is 0 Å². The van der Waals surface area contributed by atoms with E-state index in [-0.39, 0.29) is 0 Å². The van der Waals surface area contributed by atoms with Crippen LogP contribution in [0.25, 0.3) is 0 Å². The van der Waals surface area contributed by atoms with Crippen molar-refractivity contribution in [3.63, 3.8) is 0 Å². The molecular formula is C14H19N3S. The van der Waals surface area contributed by atoms with Crippen LogP contribution < -0.4 is 5.32 Å². The van der Waals surface area contributed by atoms with Gasteiger partial charge in [0.1, 0.15) is 0 Å². The van der Waals surface area contributed by atoms with Gasteiger partial charge in [0, 0.05) is 23.9 Å². The number of nitrogens with one attached hydrogen (secondary N) is 1. The highest BCUT2D eigenvalue weighted by molar-refractivity contribution is 7.99. The van der Waals surface area contributed by atoms with E-state index < -0.39 is 0 Å². The molecule has 1 atom stereocenters. The average molecular weight is 261 g/mol. The zero-order valence-corrected chi connectivity index (χ0v) is 11.9. The van der Waals surface area contributed by atoms with Gasteiger partial charge in [-0.2, -0.15) is 5.10 Å². The van der Waals surface area contributed by atoms with Gasteiger partial charge in [0.2, 0.25) is 0 Å². The minimum absolute atomic E-state index is 0.321. The third kappa shape index (κ3) is 2.94. The van der Waals surface area contributed by atoms with E-state index in [1.807, 2.05) is 36.7 Å². The van der Waals surface area contributed by atoms with Crippen LogP contribution in [0.15, 0.2) is 41.4 Å². The number of nitrogens with zero attached hydrogens (tertiary/aromatic N) is 2. The smallest absolute Gasteiger partial charge is 0.0584 e. The molecule has 0 aliphatic carbocycles. The summed E-state index contributed by atoms with van der Waals surface area (Å²) in [6, 6.07) is 10.9. The molecule has 1 unspecified atom stereocenters. The summed E-state index contributed by atoms with van der Waals surface area (Å²) in [5.41, 5.74) is 2.56. The van der Waals surface area contributed by atoms with Crippen LogP contribution >= 0.6 is 11.8 Å². The van der Waals surface area contributed by atoms with Gasteiger partial charge in [0.05, 0.1) is 11.7 Å². The minimum Gasteiger partial charge on any atom is -0.311 e. The molecule has 0 radical (unpaired) electrons. The molecule has 4 heteroatoms. The Balaban J connectivity index is 2.05. The molecule has 0 saturated heterocycles. The predicted octanol–water partition coefficient (Wildman–Crippen LogP) is 2.78. The van der Waals surface area contributed by atoms with E-state index >= 15 is 0 Å². The summed E-state index contributed by atoms with van der Waals surface area (Å²) in [5, 5.41) is 7.58. The number of aromatic nitrogens is 2. The van der Waals surface area contributed by atoms with E-state index in [0.717, 1.165) is 5.75 Å². The Hall–Kier alpha value is -1.26. The molecule has 2 aromatic rings. The van der Waals surface area contributed by atoms with Gasteiger partial charge in [-0.3, -0.25) is 4.68 Å². The van der Waals surface area contributed by atoms with Crippen molar-refractivity contribution in [2.45, 2.75) is 17.9 Å². The van der Waals surface area contributed by atoms with Crippen molar-refractivity contribution in [1.29, 1.82) is 0 Å². The van der Waals surface area contributed by atoms with Gasteiger partial charge in [-0.1, -0.05) is 18.2 Å². The van der Waals surface area contributed by atoms with Gasteiger partial charge in [0.25, 0.3) is 0 Å². The van der Waals surface area contributed by atoms with Crippen LogP contribution in [-0.4, -0.2) is 22.6 Å². The SMILES string of the molecule is CNC(CSc1ccccc1C)c1ccnn1C. The molecule has 0 amide bonds. The first kappa shape index (κ1) is 13.2. The van der Waals surface area contributed by atoms with Gasteiger partial charge in [-0.15, -0.1) is 11.8 Å². The zero-order chi connectivity index (χ0) is 13.0. The molecule has 1 heterocycles. The summed E-state index contributed by atoms with van der Waals surface area (Å²) >= 11 is 1.88. The van der Waals surface area contributed by atoms with Crippen LogP contribution in [0.4, 0.5) is 0 Å². The molecule has 1 aromatic carbocycles. The fraction of sp³-hybridized carbons (Fsp3) is 0.357. The maximum Gasteiger partial charge on any atom is 0.0584 e. The third-order valence-corrected chi connectivity index (χ3v) is 4.33. The summed E-state index contributed by atoms with van der Waals surface area (Å²) in [7, 11) is 3.98. The molecule has 2 rings (SSSR count). The Morgan fingerprint density at radius 2 is 2.11 bits per heavy atom. The molecule has 0 bridgehead atoms. The van der Waals surface area contributed by atoms with Gasteiger partial charge >= 0.3 is 0 Å². The monoisotopic (exact) mass is 261 g/mol. The van der Waals surface area contributed by atoms with Crippen LogP contribution in [-0.2, 0) is 7.05 Å². The Morgan fingerprint density at radius 1 is 1.33 bits per heavy atom. The molecule has 3 nitrogen and oxygen atoms in total. The van der Waals surface area contributed by atoms with E-state index in [1.54, 1.807) is 0 Å². The van der Waals surface area contributed by atoms with Crippen molar-refractivity contribution in [2.24, 2.45) is 7.05 Å². The van der Waals surface area contributed by atoms with Gasteiger partial charge in [-0.05, 0) is 31.7 Å². The molecule has 0 aliphatic heterocycles. The molecule has 18 heavy (non-hydrogen) atoms. The average Bonchev–Trinajstić information content (AvgIpc) is 2.79. The number of thioether (sulfide) groups is 1. The summed E-state index contributed by atoms with van der Waals surface area (Å²) in [6.07, 6.45) is 1.85. The van der Waals surface area contributed by atoms with Crippen molar-refractivity contribution >= 4 is 11.8 Å². The lowest BCUT2D eigenvalue weighted by Crippen LogP contribution is -2.21. The molecule has 0 saturated carbocycles. The highest BCUT2D eigenvalue weighted by atomic mass is 32.2. The lowest BCUT2D eigenvalue weighted by Gasteiger charge is -2.16. The maximum atomic E-state index is 4.23. The quantitative estimate of drug-likeness (QED) is 0.839. The predicted molar refractivity (Wildman–Crippen MR) is 76.9 cm³/mol. The number of rotatable bonds is 5. The Morgan fingerprint density at radius 3 is 2.72 bits per heavy atom. The second-order valence-corrected chi connectivity index (χ2v) is 5.36. The van der Waals surface area contributed by atoms with Gasteiger partial charge < -0.3 is 5.32 Å². The van der Waals surface area contributed by atoms with Crippen LogP contribution in [0, 0.1) is 6.92 Å². The van der Waals surface area contributed by atoms with E-state index in [0.29, 0.717) is 6.04 Å². The van der Waals surface area contributed by atoms with Crippen LogP contribution in [0.3, 0.4) is 0 Å². The summed E-state index contributed by atoms with van der Waals surface area (Å²) in [4.78, 5) is 1.35. The fourth-order valence-electron chi connectivity index (χ4n) is 1.93. The van der Waals surface area contributed by atoms with Crippen molar-refractivity contribution in [3.8, 4) is 0 Å². The van der Waals surface area contributed by atoms with Crippen molar-refractivity contribution in [3.05, 3.63) is 47.8 Å². The van der Waals surface area contributed by atoms with Crippen molar-refractivity contribution in [1.82, 2.24) is 15.1 Å². The second-order valence-electron chi connectivity index (χ2n) is 4.30. The van der Waals surface area contributed by atoms with Crippen LogP contribution in [0.5, 0.6) is 0 Å². The zero-order valence-electron chi connectivity index (χ0n) is 11.1. The largest absolute Gasteiger partial charge is 0.311 e. The minimum atomic E-state index is 0.321. The fourth-order valence-corrected chi connectivity index (χ4v) is 3.09. The molecule has 0 aliphatic rings. The number of hydrogen-bond donors (Lipinski definition) is 1.